The largest absolute Gasteiger partial charge is 0.489 e. The van der Waals surface area contributed by atoms with Gasteiger partial charge in [0.05, 0.1) is 6.42 Å². The van der Waals surface area contributed by atoms with E-state index >= 15 is 0 Å². The quantitative estimate of drug-likeness (QED) is 0.595. The Balaban J connectivity index is 1.46. The van der Waals surface area contributed by atoms with Gasteiger partial charge in [-0.3, -0.25) is 4.79 Å². The number of carbonyl (C=O) groups excluding carboxylic acids is 1. The van der Waals surface area contributed by atoms with Crippen LogP contribution in [0.15, 0.2) is 84.9 Å². The Kier molecular flexibility index (Phi) is 5.83. The van der Waals surface area contributed by atoms with E-state index in [0.717, 1.165) is 22.4 Å². The van der Waals surface area contributed by atoms with Gasteiger partial charge in [-0.15, -0.1) is 0 Å². The Bertz CT molecular complexity index is 781. The Morgan fingerprint density at radius 3 is 1.88 bits per heavy atom. The zero-order valence-electron chi connectivity index (χ0n) is 13.8. The molecule has 3 nitrogen and oxygen atoms in total. The lowest BCUT2D eigenvalue weighted by Crippen LogP contribution is -2.05. The highest BCUT2D eigenvalue weighted by molar-refractivity contribution is 5.83. The van der Waals surface area contributed by atoms with Crippen molar-refractivity contribution in [2.75, 3.05) is 0 Å². The molecule has 3 aromatic rings. The van der Waals surface area contributed by atoms with Crippen molar-refractivity contribution in [2.24, 2.45) is 0 Å². The predicted octanol–water partition coefficient (Wildman–Crippen LogP) is 4.56. The summed E-state index contributed by atoms with van der Waals surface area (Å²) in [7, 11) is 0. The van der Waals surface area contributed by atoms with Crippen LogP contribution in [0, 0.1) is 6.42 Å². The maximum absolute atomic E-state index is 11.9. The van der Waals surface area contributed by atoms with Crippen molar-refractivity contribution in [1.82, 2.24) is 0 Å². The van der Waals surface area contributed by atoms with Gasteiger partial charge in [0.2, 0.25) is 0 Å². The molecule has 0 heterocycles. The van der Waals surface area contributed by atoms with Crippen LogP contribution < -0.4 is 4.74 Å². The van der Waals surface area contributed by atoms with Crippen LogP contribution in [0.3, 0.4) is 0 Å². The van der Waals surface area contributed by atoms with Gasteiger partial charge in [0.25, 0.3) is 0 Å². The number of hydrogen-bond donors (Lipinski definition) is 0. The summed E-state index contributed by atoms with van der Waals surface area (Å²) in [4.78, 5) is 11.9. The minimum Gasteiger partial charge on any atom is -0.489 e. The van der Waals surface area contributed by atoms with Gasteiger partial charge in [0, 0.05) is 0 Å². The van der Waals surface area contributed by atoms with Crippen molar-refractivity contribution < 1.29 is 14.3 Å². The second kappa shape index (κ2) is 8.69. The van der Waals surface area contributed by atoms with Crippen LogP contribution in [0.25, 0.3) is 0 Å². The Morgan fingerprint density at radius 2 is 1.28 bits per heavy atom. The highest BCUT2D eigenvalue weighted by Crippen LogP contribution is 2.16. The van der Waals surface area contributed by atoms with Gasteiger partial charge in [-0.1, -0.05) is 72.8 Å². The van der Waals surface area contributed by atoms with E-state index in [9.17, 15) is 4.79 Å². The van der Waals surface area contributed by atoms with Crippen LogP contribution in [0.5, 0.6) is 5.75 Å². The number of carbonyl (C=O) groups is 1. The monoisotopic (exact) mass is 331 g/mol. The van der Waals surface area contributed by atoms with E-state index in [1.807, 2.05) is 84.9 Å². The van der Waals surface area contributed by atoms with Crippen molar-refractivity contribution in [2.45, 2.75) is 13.2 Å². The summed E-state index contributed by atoms with van der Waals surface area (Å²) in [5.41, 5.74) is 2.86. The van der Waals surface area contributed by atoms with E-state index in [1.54, 1.807) is 0 Å². The van der Waals surface area contributed by atoms with Gasteiger partial charge in [-0.05, 0) is 28.8 Å². The van der Waals surface area contributed by atoms with Crippen LogP contribution in [0.1, 0.15) is 16.7 Å². The molecule has 0 saturated heterocycles. The van der Waals surface area contributed by atoms with Gasteiger partial charge in [0.15, 0.2) is 0 Å². The average Bonchev–Trinajstić information content (AvgIpc) is 2.67. The van der Waals surface area contributed by atoms with E-state index in [4.69, 9.17) is 9.47 Å². The minimum absolute atomic E-state index is 0.272. The molecule has 0 aromatic heterocycles. The van der Waals surface area contributed by atoms with Crippen molar-refractivity contribution in [1.29, 1.82) is 0 Å². The van der Waals surface area contributed by atoms with E-state index < -0.39 is 0 Å². The molecule has 0 amide bonds. The van der Waals surface area contributed by atoms with E-state index in [2.05, 4.69) is 0 Å². The SMILES string of the molecule is O=C([CH]c1ccc(OCc2ccccc2)cc1)OCc1ccccc1. The van der Waals surface area contributed by atoms with Crippen LogP contribution >= 0.6 is 0 Å². The van der Waals surface area contributed by atoms with Crippen LogP contribution in [-0.2, 0) is 22.7 Å². The maximum atomic E-state index is 11.9. The zero-order chi connectivity index (χ0) is 17.3. The standard InChI is InChI=1S/C22H19O3/c23-22(25-17-20-9-5-2-6-10-20)15-18-11-13-21(14-12-18)24-16-19-7-3-1-4-8-19/h1-15H,16-17H2. The molecule has 0 aliphatic rings. The molecule has 125 valence electrons. The lowest BCUT2D eigenvalue weighted by molar-refractivity contribution is -0.140. The van der Waals surface area contributed by atoms with Crippen molar-refractivity contribution in [3.8, 4) is 5.75 Å². The lowest BCUT2D eigenvalue weighted by atomic mass is 10.1. The molecule has 0 fully saturated rings. The molecule has 0 atom stereocenters. The molecular formula is C22H19O3. The molecule has 1 radical (unpaired) electrons. The first-order valence-corrected chi connectivity index (χ1v) is 8.12. The molecule has 3 aromatic carbocycles. The van der Waals surface area contributed by atoms with E-state index in [1.165, 1.54) is 6.42 Å². The maximum Gasteiger partial charge on any atom is 0.314 e. The summed E-state index contributed by atoms with van der Waals surface area (Å²) in [6.45, 7) is 0.789. The van der Waals surface area contributed by atoms with Crippen LogP contribution in [0.4, 0.5) is 0 Å². The second-order valence-corrected chi connectivity index (χ2v) is 5.58. The molecule has 25 heavy (non-hydrogen) atoms. The molecular weight excluding hydrogens is 312 g/mol. The topological polar surface area (TPSA) is 35.5 Å². The van der Waals surface area contributed by atoms with E-state index in [-0.39, 0.29) is 12.6 Å². The summed E-state index contributed by atoms with van der Waals surface area (Å²) in [5, 5.41) is 0. The average molecular weight is 331 g/mol. The first-order valence-electron chi connectivity index (χ1n) is 8.12. The van der Waals surface area contributed by atoms with Crippen molar-refractivity contribution in [3.05, 3.63) is 108 Å². The molecule has 0 bridgehead atoms. The number of esters is 1. The third-order valence-corrected chi connectivity index (χ3v) is 3.64. The molecule has 3 rings (SSSR count). The van der Waals surface area contributed by atoms with Crippen molar-refractivity contribution in [3.63, 3.8) is 0 Å². The molecule has 0 spiro atoms. The number of hydrogen-bond acceptors (Lipinski definition) is 3. The Labute approximate surface area is 147 Å². The third kappa shape index (κ3) is 5.50. The second-order valence-electron chi connectivity index (χ2n) is 5.58. The smallest absolute Gasteiger partial charge is 0.314 e. The number of ether oxygens (including phenoxy) is 2. The molecule has 0 unspecified atom stereocenters. The first kappa shape index (κ1) is 16.8. The van der Waals surface area contributed by atoms with Gasteiger partial charge >= 0.3 is 5.97 Å². The van der Waals surface area contributed by atoms with E-state index in [0.29, 0.717) is 6.61 Å². The normalized spacial score (nSPS) is 10.2. The fourth-order valence-corrected chi connectivity index (χ4v) is 2.31. The highest BCUT2D eigenvalue weighted by Gasteiger charge is 2.06. The third-order valence-electron chi connectivity index (χ3n) is 3.64. The number of rotatable bonds is 7. The fourth-order valence-electron chi connectivity index (χ4n) is 2.31. The summed E-state index contributed by atoms with van der Waals surface area (Å²) >= 11 is 0. The van der Waals surface area contributed by atoms with Crippen LogP contribution in [-0.4, -0.2) is 5.97 Å². The molecule has 0 N–H and O–H groups in total. The van der Waals surface area contributed by atoms with Gasteiger partial charge < -0.3 is 9.47 Å². The van der Waals surface area contributed by atoms with Crippen molar-refractivity contribution >= 4 is 5.97 Å². The molecule has 0 saturated carbocycles. The molecule has 0 aliphatic heterocycles. The van der Waals surface area contributed by atoms with Crippen LogP contribution in [0.2, 0.25) is 0 Å². The Hall–Kier alpha value is -3.07. The van der Waals surface area contributed by atoms with Gasteiger partial charge in [0.1, 0.15) is 19.0 Å². The lowest BCUT2D eigenvalue weighted by Gasteiger charge is -2.08. The molecule has 3 heteroatoms. The Morgan fingerprint density at radius 1 is 0.720 bits per heavy atom. The summed E-state index contributed by atoms with van der Waals surface area (Å²) in [6, 6.07) is 27.0. The fraction of sp³-hybridized carbons (Fsp3) is 0.0909. The zero-order valence-corrected chi connectivity index (χ0v) is 13.8. The summed E-state index contributed by atoms with van der Waals surface area (Å²) < 4.78 is 11.0. The first-order chi connectivity index (χ1) is 12.3. The number of benzene rings is 3. The van der Waals surface area contributed by atoms with Gasteiger partial charge in [-0.25, -0.2) is 0 Å². The molecule has 0 aliphatic carbocycles. The van der Waals surface area contributed by atoms with Gasteiger partial charge in [-0.2, -0.15) is 0 Å². The highest BCUT2D eigenvalue weighted by atomic mass is 16.5. The summed E-state index contributed by atoms with van der Waals surface area (Å²) in [6.07, 6.45) is 1.48. The minimum atomic E-state index is -0.359. The predicted molar refractivity (Wildman–Crippen MR) is 96.9 cm³/mol. The summed E-state index contributed by atoms with van der Waals surface area (Å²) in [5.74, 6) is 0.403.